The molecule has 3 rings (SSSR count). The predicted molar refractivity (Wildman–Crippen MR) is 83.6 cm³/mol. The van der Waals surface area contributed by atoms with Gasteiger partial charge in [-0.2, -0.15) is 10.2 Å². The number of nitrogens with zero attached hydrogens (tertiary/aromatic N) is 4. The van der Waals surface area contributed by atoms with E-state index in [1.807, 2.05) is 49.2 Å². The van der Waals surface area contributed by atoms with Gasteiger partial charge in [0.1, 0.15) is 0 Å². The van der Waals surface area contributed by atoms with Crippen LogP contribution in [-0.4, -0.2) is 19.6 Å². The number of aromatic nitrogens is 4. The molecular formula is C16H19N5. The molecular weight excluding hydrogens is 262 g/mol. The molecule has 0 unspecified atom stereocenters. The molecule has 0 aliphatic carbocycles. The predicted octanol–water partition coefficient (Wildman–Crippen LogP) is 2.83. The first-order valence-electron chi connectivity index (χ1n) is 6.98. The molecule has 3 aromatic rings. The van der Waals surface area contributed by atoms with E-state index in [1.54, 1.807) is 4.68 Å². The van der Waals surface area contributed by atoms with E-state index in [2.05, 4.69) is 34.6 Å². The van der Waals surface area contributed by atoms with E-state index >= 15 is 0 Å². The second-order valence-electron chi connectivity index (χ2n) is 5.15. The van der Waals surface area contributed by atoms with E-state index in [0.29, 0.717) is 0 Å². The van der Waals surface area contributed by atoms with Crippen LogP contribution < -0.4 is 5.32 Å². The molecule has 0 saturated carbocycles. The van der Waals surface area contributed by atoms with Crippen LogP contribution >= 0.6 is 0 Å². The van der Waals surface area contributed by atoms with Crippen LogP contribution in [0.15, 0.2) is 42.7 Å². The van der Waals surface area contributed by atoms with Gasteiger partial charge in [0.15, 0.2) is 0 Å². The van der Waals surface area contributed by atoms with E-state index in [-0.39, 0.29) is 0 Å². The number of hydrogen-bond acceptors (Lipinski definition) is 3. The molecule has 1 aromatic carbocycles. The van der Waals surface area contributed by atoms with Gasteiger partial charge in [0.05, 0.1) is 23.3 Å². The fourth-order valence-corrected chi connectivity index (χ4v) is 2.45. The summed E-state index contributed by atoms with van der Waals surface area (Å²) in [5, 5.41) is 12.2. The molecule has 108 valence electrons. The summed E-state index contributed by atoms with van der Waals surface area (Å²) in [6.07, 6.45) is 3.79. The molecule has 0 aliphatic heterocycles. The minimum Gasteiger partial charge on any atom is -0.378 e. The maximum atomic E-state index is 4.65. The molecule has 5 heteroatoms. The quantitative estimate of drug-likeness (QED) is 0.800. The van der Waals surface area contributed by atoms with Gasteiger partial charge in [0, 0.05) is 31.0 Å². The summed E-state index contributed by atoms with van der Waals surface area (Å²) in [5.41, 5.74) is 5.54. The van der Waals surface area contributed by atoms with Gasteiger partial charge in [0.25, 0.3) is 0 Å². The zero-order valence-electron chi connectivity index (χ0n) is 12.5. The first-order chi connectivity index (χ1) is 10.1. The van der Waals surface area contributed by atoms with Crippen molar-refractivity contribution in [3.8, 4) is 5.69 Å². The van der Waals surface area contributed by atoms with Crippen LogP contribution in [0, 0.1) is 13.8 Å². The molecule has 0 atom stereocenters. The van der Waals surface area contributed by atoms with E-state index in [9.17, 15) is 0 Å². The Kier molecular flexibility index (Phi) is 3.48. The lowest BCUT2D eigenvalue weighted by Gasteiger charge is -2.06. The van der Waals surface area contributed by atoms with E-state index in [1.165, 1.54) is 5.56 Å². The minimum absolute atomic E-state index is 0.746. The Morgan fingerprint density at radius 1 is 1.14 bits per heavy atom. The fourth-order valence-electron chi connectivity index (χ4n) is 2.45. The molecule has 1 N–H and O–H groups in total. The SMILES string of the molecule is Cc1nn(-c2ccccc2)c(C)c1CNc1cnn(C)c1. The Hall–Kier alpha value is -2.56. The third kappa shape index (κ3) is 2.67. The van der Waals surface area contributed by atoms with Gasteiger partial charge in [-0.05, 0) is 26.0 Å². The first kappa shape index (κ1) is 13.4. The van der Waals surface area contributed by atoms with Crippen LogP contribution in [0.1, 0.15) is 17.0 Å². The van der Waals surface area contributed by atoms with Gasteiger partial charge in [-0.15, -0.1) is 0 Å². The Labute approximate surface area is 124 Å². The molecule has 0 radical (unpaired) electrons. The number of anilines is 1. The highest BCUT2D eigenvalue weighted by molar-refractivity contribution is 5.42. The Morgan fingerprint density at radius 3 is 2.57 bits per heavy atom. The second-order valence-corrected chi connectivity index (χ2v) is 5.15. The molecule has 0 spiro atoms. The highest BCUT2D eigenvalue weighted by Crippen LogP contribution is 2.19. The number of para-hydroxylation sites is 1. The van der Waals surface area contributed by atoms with Crippen LogP contribution in [0.2, 0.25) is 0 Å². The number of hydrogen-bond donors (Lipinski definition) is 1. The summed E-state index contributed by atoms with van der Waals surface area (Å²) in [6.45, 7) is 4.90. The van der Waals surface area contributed by atoms with Gasteiger partial charge in [-0.3, -0.25) is 4.68 Å². The fraction of sp³-hybridized carbons (Fsp3) is 0.250. The third-order valence-corrected chi connectivity index (χ3v) is 3.62. The van der Waals surface area contributed by atoms with Crippen molar-refractivity contribution in [2.75, 3.05) is 5.32 Å². The van der Waals surface area contributed by atoms with Gasteiger partial charge in [0.2, 0.25) is 0 Å². The molecule has 0 amide bonds. The molecule has 0 saturated heterocycles. The highest BCUT2D eigenvalue weighted by atomic mass is 15.3. The van der Waals surface area contributed by atoms with Crippen LogP contribution in [0.3, 0.4) is 0 Å². The third-order valence-electron chi connectivity index (χ3n) is 3.62. The summed E-state index contributed by atoms with van der Waals surface area (Å²) < 4.78 is 3.78. The topological polar surface area (TPSA) is 47.7 Å². The van der Waals surface area contributed by atoms with Crippen molar-refractivity contribution >= 4 is 5.69 Å². The van der Waals surface area contributed by atoms with Crippen molar-refractivity contribution in [2.45, 2.75) is 20.4 Å². The molecule has 5 nitrogen and oxygen atoms in total. The van der Waals surface area contributed by atoms with Gasteiger partial charge < -0.3 is 5.32 Å². The van der Waals surface area contributed by atoms with Crippen molar-refractivity contribution in [3.05, 3.63) is 59.7 Å². The normalized spacial score (nSPS) is 10.8. The lowest BCUT2D eigenvalue weighted by molar-refractivity contribution is 0.768. The standard InChI is InChI=1S/C16H19N5/c1-12-16(10-17-14-9-18-20(3)11-14)13(2)21(19-12)15-7-5-4-6-8-15/h4-9,11,17H,10H2,1-3H3. The van der Waals surface area contributed by atoms with Crippen LogP contribution in [0.5, 0.6) is 0 Å². The minimum atomic E-state index is 0.746. The summed E-state index contributed by atoms with van der Waals surface area (Å²) in [7, 11) is 1.91. The number of benzene rings is 1. The zero-order chi connectivity index (χ0) is 14.8. The summed E-state index contributed by atoms with van der Waals surface area (Å²) in [6, 6.07) is 10.2. The highest BCUT2D eigenvalue weighted by Gasteiger charge is 2.12. The maximum absolute atomic E-state index is 4.65. The van der Waals surface area contributed by atoms with Gasteiger partial charge in [-0.1, -0.05) is 18.2 Å². The Morgan fingerprint density at radius 2 is 1.90 bits per heavy atom. The van der Waals surface area contributed by atoms with Crippen molar-refractivity contribution in [2.24, 2.45) is 7.05 Å². The average Bonchev–Trinajstić information content (AvgIpc) is 3.02. The lowest BCUT2D eigenvalue weighted by Crippen LogP contribution is -2.02. The second kappa shape index (κ2) is 5.44. The lowest BCUT2D eigenvalue weighted by atomic mass is 10.2. The zero-order valence-corrected chi connectivity index (χ0v) is 12.5. The maximum Gasteiger partial charge on any atom is 0.0729 e. The Balaban J connectivity index is 1.85. The van der Waals surface area contributed by atoms with Crippen molar-refractivity contribution in [3.63, 3.8) is 0 Å². The molecule has 0 fully saturated rings. The number of aryl methyl sites for hydroxylation is 2. The van der Waals surface area contributed by atoms with Crippen LogP contribution in [0.25, 0.3) is 5.69 Å². The molecule has 21 heavy (non-hydrogen) atoms. The van der Waals surface area contributed by atoms with Crippen molar-refractivity contribution in [1.29, 1.82) is 0 Å². The summed E-state index contributed by atoms with van der Waals surface area (Å²) in [4.78, 5) is 0. The van der Waals surface area contributed by atoms with Crippen molar-refractivity contribution < 1.29 is 0 Å². The van der Waals surface area contributed by atoms with Gasteiger partial charge in [-0.25, -0.2) is 4.68 Å². The first-order valence-corrected chi connectivity index (χ1v) is 6.98. The largest absolute Gasteiger partial charge is 0.378 e. The van der Waals surface area contributed by atoms with Gasteiger partial charge >= 0.3 is 0 Å². The molecule has 2 aromatic heterocycles. The van der Waals surface area contributed by atoms with Crippen LogP contribution in [-0.2, 0) is 13.6 Å². The number of rotatable bonds is 4. The smallest absolute Gasteiger partial charge is 0.0729 e. The van der Waals surface area contributed by atoms with E-state index in [0.717, 1.165) is 29.3 Å². The average molecular weight is 281 g/mol. The van der Waals surface area contributed by atoms with E-state index < -0.39 is 0 Å². The molecule has 2 heterocycles. The summed E-state index contributed by atoms with van der Waals surface area (Å²) in [5.74, 6) is 0. The number of nitrogens with one attached hydrogen (secondary N) is 1. The monoisotopic (exact) mass is 281 g/mol. The molecule has 0 bridgehead atoms. The molecule has 0 aliphatic rings. The van der Waals surface area contributed by atoms with Crippen LogP contribution in [0.4, 0.5) is 5.69 Å². The van der Waals surface area contributed by atoms with Crippen molar-refractivity contribution in [1.82, 2.24) is 19.6 Å². The van der Waals surface area contributed by atoms with E-state index in [4.69, 9.17) is 0 Å². The summed E-state index contributed by atoms with van der Waals surface area (Å²) >= 11 is 0. The Bertz CT molecular complexity index is 739.